The molecule has 2 heterocycles. The number of hydrogen-bond donors (Lipinski definition) is 2. The molecule has 2 rings (SSSR count). The predicted molar refractivity (Wildman–Crippen MR) is 52.6 cm³/mol. The fraction of sp³-hybridized carbons (Fsp3) is 0.750. The molecule has 0 aromatic carbocycles. The summed E-state index contributed by atoms with van der Waals surface area (Å²) in [6, 6.07) is 0.881. The van der Waals surface area contributed by atoms with Gasteiger partial charge in [0.15, 0.2) is 0 Å². The Hall–Kier alpha value is -1.30. The predicted octanol–water partition coefficient (Wildman–Crippen LogP) is -0.389. The van der Waals surface area contributed by atoms with E-state index in [9.17, 15) is 0 Å². The van der Waals surface area contributed by atoms with Crippen LogP contribution in [0.4, 0.5) is 5.95 Å². The van der Waals surface area contributed by atoms with Gasteiger partial charge in [-0.2, -0.15) is 4.98 Å². The lowest BCUT2D eigenvalue weighted by Gasteiger charge is -2.31. The minimum absolute atomic E-state index is 0.395. The van der Waals surface area contributed by atoms with Gasteiger partial charge >= 0.3 is 6.01 Å². The van der Waals surface area contributed by atoms with E-state index in [4.69, 9.17) is 4.74 Å². The molecule has 0 saturated carbocycles. The summed E-state index contributed by atoms with van der Waals surface area (Å²) < 4.78 is 4.92. The lowest BCUT2D eigenvalue weighted by atomic mass is 10.2. The van der Waals surface area contributed by atoms with Gasteiger partial charge in [0.25, 0.3) is 0 Å². The second kappa shape index (κ2) is 3.83. The summed E-state index contributed by atoms with van der Waals surface area (Å²) in [4.78, 5) is 6.36. The third kappa shape index (κ3) is 1.79. The number of H-pyrrole nitrogens is 1. The van der Waals surface area contributed by atoms with Gasteiger partial charge in [-0.15, -0.1) is 5.10 Å². The zero-order chi connectivity index (χ0) is 9.97. The van der Waals surface area contributed by atoms with Crippen molar-refractivity contribution in [3.63, 3.8) is 0 Å². The first-order chi connectivity index (χ1) is 6.79. The highest BCUT2D eigenvalue weighted by atomic mass is 16.5. The van der Waals surface area contributed by atoms with Crippen molar-refractivity contribution in [2.75, 3.05) is 31.6 Å². The van der Waals surface area contributed by atoms with Gasteiger partial charge in [-0.25, -0.2) is 5.10 Å². The number of anilines is 1. The second-order valence-electron chi connectivity index (χ2n) is 3.45. The molecular weight excluding hydrogens is 182 g/mol. The van der Waals surface area contributed by atoms with Gasteiger partial charge in [-0.05, 0) is 6.92 Å². The van der Waals surface area contributed by atoms with Crippen LogP contribution < -0.4 is 15.0 Å². The quantitative estimate of drug-likeness (QED) is 0.676. The summed E-state index contributed by atoms with van der Waals surface area (Å²) in [6.07, 6.45) is 0. The molecule has 1 aromatic heterocycles. The molecular formula is C8H15N5O. The normalized spacial score (nSPS) is 22.4. The Morgan fingerprint density at radius 3 is 3.07 bits per heavy atom. The van der Waals surface area contributed by atoms with Gasteiger partial charge < -0.3 is 15.0 Å². The number of nitrogens with one attached hydrogen (secondary N) is 2. The summed E-state index contributed by atoms with van der Waals surface area (Å²) >= 11 is 0. The Morgan fingerprint density at radius 1 is 1.57 bits per heavy atom. The van der Waals surface area contributed by atoms with Gasteiger partial charge in [-0.3, -0.25) is 0 Å². The van der Waals surface area contributed by atoms with Crippen LogP contribution in [0.2, 0.25) is 0 Å². The van der Waals surface area contributed by atoms with Crippen LogP contribution in [-0.4, -0.2) is 48.0 Å². The van der Waals surface area contributed by atoms with Crippen molar-refractivity contribution in [3.05, 3.63) is 0 Å². The highest BCUT2D eigenvalue weighted by Gasteiger charge is 2.18. The summed E-state index contributed by atoms with van der Waals surface area (Å²) in [5.41, 5.74) is 0. The molecule has 1 aliphatic rings. The number of rotatable bonds is 2. The summed E-state index contributed by atoms with van der Waals surface area (Å²) in [7, 11) is 1.56. The Labute approximate surface area is 82.7 Å². The lowest BCUT2D eigenvalue weighted by Crippen LogP contribution is -2.49. The average Bonchev–Trinajstić information content (AvgIpc) is 2.66. The SMILES string of the molecule is COc1n[nH]c(N2CCN[C@@H](C)C2)n1. The van der Waals surface area contributed by atoms with Crippen molar-refractivity contribution < 1.29 is 4.74 Å². The molecule has 6 nitrogen and oxygen atoms in total. The van der Waals surface area contributed by atoms with Crippen LogP contribution in [0.1, 0.15) is 6.92 Å². The van der Waals surface area contributed by atoms with Crippen LogP contribution in [0.5, 0.6) is 6.01 Å². The van der Waals surface area contributed by atoms with Crippen molar-refractivity contribution >= 4 is 5.95 Å². The third-order valence-electron chi connectivity index (χ3n) is 2.30. The van der Waals surface area contributed by atoms with Gasteiger partial charge in [0.2, 0.25) is 5.95 Å². The largest absolute Gasteiger partial charge is 0.466 e. The minimum Gasteiger partial charge on any atom is -0.466 e. The summed E-state index contributed by atoms with van der Waals surface area (Å²) in [6.45, 7) is 5.02. The number of ether oxygens (including phenoxy) is 1. The van der Waals surface area contributed by atoms with E-state index in [0.717, 1.165) is 25.6 Å². The first kappa shape index (κ1) is 9.26. The molecule has 1 aromatic rings. The van der Waals surface area contributed by atoms with Crippen molar-refractivity contribution in [2.24, 2.45) is 0 Å². The topological polar surface area (TPSA) is 66.1 Å². The fourth-order valence-electron chi connectivity index (χ4n) is 1.60. The van der Waals surface area contributed by atoms with E-state index < -0.39 is 0 Å². The first-order valence-corrected chi connectivity index (χ1v) is 4.74. The molecule has 6 heteroatoms. The smallest absolute Gasteiger partial charge is 0.336 e. The molecule has 0 bridgehead atoms. The summed E-state index contributed by atoms with van der Waals surface area (Å²) in [5, 5.41) is 10.1. The van der Waals surface area contributed by atoms with E-state index in [0.29, 0.717) is 12.1 Å². The zero-order valence-corrected chi connectivity index (χ0v) is 8.45. The first-order valence-electron chi connectivity index (χ1n) is 4.74. The number of piperazine rings is 1. The van der Waals surface area contributed by atoms with Crippen LogP contribution in [0.15, 0.2) is 0 Å². The van der Waals surface area contributed by atoms with Crippen molar-refractivity contribution in [1.29, 1.82) is 0 Å². The number of aromatic amines is 1. The standard InChI is InChI=1S/C8H15N5O/c1-6-5-13(4-3-9-6)7-10-8(14-2)12-11-7/h6,9H,3-5H2,1-2H3,(H,10,11,12)/t6-/m0/s1. The fourth-order valence-corrected chi connectivity index (χ4v) is 1.60. The van der Waals surface area contributed by atoms with Gasteiger partial charge in [0.05, 0.1) is 7.11 Å². The molecule has 0 unspecified atom stereocenters. The lowest BCUT2D eigenvalue weighted by molar-refractivity contribution is 0.381. The minimum atomic E-state index is 0.395. The molecule has 1 atom stereocenters. The molecule has 1 fully saturated rings. The van der Waals surface area contributed by atoms with Gasteiger partial charge in [0, 0.05) is 25.7 Å². The number of hydrogen-bond acceptors (Lipinski definition) is 5. The second-order valence-corrected chi connectivity index (χ2v) is 3.45. The molecule has 0 spiro atoms. The molecule has 0 aliphatic carbocycles. The zero-order valence-electron chi connectivity index (χ0n) is 8.45. The van der Waals surface area contributed by atoms with E-state index in [2.05, 4.69) is 32.3 Å². The highest BCUT2D eigenvalue weighted by molar-refractivity contribution is 5.31. The molecule has 78 valence electrons. The van der Waals surface area contributed by atoms with Crippen LogP contribution in [-0.2, 0) is 0 Å². The van der Waals surface area contributed by atoms with Crippen LogP contribution in [0.25, 0.3) is 0 Å². The molecule has 14 heavy (non-hydrogen) atoms. The molecule has 1 aliphatic heterocycles. The third-order valence-corrected chi connectivity index (χ3v) is 2.30. The van der Waals surface area contributed by atoms with E-state index in [1.807, 2.05) is 0 Å². The Balaban J connectivity index is 2.06. The van der Waals surface area contributed by atoms with Crippen molar-refractivity contribution in [3.8, 4) is 6.01 Å². The molecule has 2 N–H and O–H groups in total. The van der Waals surface area contributed by atoms with Crippen LogP contribution >= 0.6 is 0 Å². The van der Waals surface area contributed by atoms with E-state index in [1.165, 1.54) is 0 Å². The number of methoxy groups -OCH3 is 1. The maximum Gasteiger partial charge on any atom is 0.336 e. The van der Waals surface area contributed by atoms with Gasteiger partial charge in [-0.1, -0.05) is 0 Å². The van der Waals surface area contributed by atoms with Crippen LogP contribution in [0.3, 0.4) is 0 Å². The Morgan fingerprint density at radius 2 is 2.43 bits per heavy atom. The molecule has 0 radical (unpaired) electrons. The Bertz CT molecular complexity index is 300. The average molecular weight is 197 g/mol. The summed E-state index contributed by atoms with van der Waals surface area (Å²) in [5.74, 6) is 0.787. The Kier molecular flexibility index (Phi) is 2.53. The highest BCUT2D eigenvalue weighted by Crippen LogP contribution is 2.12. The van der Waals surface area contributed by atoms with Crippen molar-refractivity contribution in [2.45, 2.75) is 13.0 Å². The molecule has 0 amide bonds. The van der Waals surface area contributed by atoms with E-state index in [1.54, 1.807) is 7.11 Å². The number of aromatic nitrogens is 3. The van der Waals surface area contributed by atoms with Gasteiger partial charge in [0.1, 0.15) is 0 Å². The maximum atomic E-state index is 4.92. The van der Waals surface area contributed by atoms with E-state index in [-0.39, 0.29) is 0 Å². The van der Waals surface area contributed by atoms with Crippen LogP contribution in [0, 0.1) is 0 Å². The molecule has 1 saturated heterocycles. The van der Waals surface area contributed by atoms with E-state index >= 15 is 0 Å². The monoisotopic (exact) mass is 197 g/mol. The number of nitrogens with zero attached hydrogens (tertiary/aromatic N) is 3. The van der Waals surface area contributed by atoms with Crippen molar-refractivity contribution in [1.82, 2.24) is 20.5 Å². The maximum absolute atomic E-state index is 4.92.